The maximum Gasteiger partial charge on any atom is 0.326 e. The highest BCUT2D eigenvalue weighted by atomic mass is 16.4. The van der Waals surface area contributed by atoms with E-state index in [0.717, 1.165) is 11.1 Å². The number of aryl methyl sites for hydroxylation is 2. The zero-order valence-corrected chi connectivity index (χ0v) is 11.9. The lowest BCUT2D eigenvalue weighted by molar-refractivity contribution is -0.139. The van der Waals surface area contributed by atoms with E-state index in [1.54, 1.807) is 0 Å². The quantitative estimate of drug-likeness (QED) is 0.803. The third-order valence-electron chi connectivity index (χ3n) is 3.07. The third kappa shape index (κ3) is 3.81. The lowest BCUT2D eigenvalue weighted by Gasteiger charge is -2.28. The van der Waals surface area contributed by atoms with E-state index in [0.29, 0.717) is 18.5 Å². The number of carboxylic acid groups (broad SMARTS) is 1. The van der Waals surface area contributed by atoms with Crippen molar-refractivity contribution in [2.24, 2.45) is 5.92 Å². The summed E-state index contributed by atoms with van der Waals surface area (Å²) in [4.78, 5) is 24.1. The summed E-state index contributed by atoms with van der Waals surface area (Å²) in [5, 5.41) is 9.34. The fourth-order valence-electron chi connectivity index (χ4n) is 2.08. The highest BCUT2D eigenvalue weighted by molar-refractivity contribution is 5.89. The second-order valence-electron chi connectivity index (χ2n) is 5.29. The molecule has 0 radical (unpaired) electrons. The Morgan fingerprint density at radius 3 is 2.47 bits per heavy atom. The van der Waals surface area contributed by atoms with Crippen LogP contribution in [0.15, 0.2) is 18.2 Å². The molecular formula is C15H21NO3. The number of carbonyl (C=O) groups is 2. The lowest BCUT2D eigenvalue weighted by Crippen LogP contribution is -2.41. The van der Waals surface area contributed by atoms with Crippen LogP contribution in [0.3, 0.4) is 0 Å². The SMILES string of the molecule is Cc1ccc(C)c(N(C=O)C(CC(C)C)C(=O)O)c1. The van der Waals surface area contributed by atoms with Gasteiger partial charge in [-0.2, -0.15) is 0 Å². The normalized spacial score (nSPS) is 12.3. The molecule has 0 heterocycles. The van der Waals surface area contributed by atoms with Gasteiger partial charge in [0.25, 0.3) is 0 Å². The van der Waals surface area contributed by atoms with Crippen LogP contribution < -0.4 is 4.90 Å². The van der Waals surface area contributed by atoms with Crippen LogP contribution in [0.1, 0.15) is 31.4 Å². The molecule has 0 aliphatic heterocycles. The number of carboxylic acids is 1. The molecule has 104 valence electrons. The third-order valence-corrected chi connectivity index (χ3v) is 3.07. The predicted molar refractivity (Wildman–Crippen MR) is 75.3 cm³/mol. The minimum atomic E-state index is -0.971. The Balaban J connectivity index is 3.19. The summed E-state index contributed by atoms with van der Waals surface area (Å²) >= 11 is 0. The highest BCUT2D eigenvalue weighted by Crippen LogP contribution is 2.24. The first kappa shape index (κ1) is 15.2. The van der Waals surface area contributed by atoms with Gasteiger partial charge in [0.1, 0.15) is 6.04 Å². The molecule has 1 rings (SSSR count). The summed E-state index contributed by atoms with van der Waals surface area (Å²) in [7, 11) is 0. The molecule has 1 atom stereocenters. The van der Waals surface area contributed by atoms with Gasteiger partial charge >= 0.3 is 5.97 Å². The van der Waals surface area contributed by atoms with Gasteiger partial charge in [0.15, 0.2) is 0 Å². The Bertz CT molecular complexity index is 468. The summed E-state index contributed by atoms with van der Waals surface area (Å²) in [6.07, 6.45) is 1.05. The number of rotatable bonds is 6. The Morgan fingerprint density at radius 2 is 2.00 bits per heavy atom. The smallest absolute Gasteiger partial charge is 0.326 e. The van der Waals surface area contributed by atoms with Gasteiger partial charge in [-0.3, -0.25) is 4.79 Å². The van der Waals surface area contributed by atoms with E-state index in [9.17, 15) is 14.7 Å². The van der Waals surface area contributed by atoms with Crippen molar-refractivity contribution in [2.75, 3.05) is 4.90 Å². The molecule has 1 aromatic carbocycles. The Hall–Kier alpha value is -1.84. The number of hydrogen-bond donors (Lipinski definition) is 1. The first-order valence-corrected chi connectivity index (χ1v) is 6.40. The van der Waals surface area contributed by atoms with Gasteiger partial charge in [-0.05, 0) is 43.4 Å². The van der Waals surface area contributed by atoms with Gasteiger partial charge in [-0.15, -0.1) is 0 Å². The molecule has 0 saturated carbocycles. The monoisotopic (exact) mass is 263 g/mol. The van der Waals surface area contributed by atoms with Crippen LogP contribution >= 0.6 is 0 Å². The van der Waals surface area contributed by atoms with Gasteiger partial charge in [0, 0.05) is 5.69 Å². The van der Waals surface area contributed by atoms with Crippen LogP contribution in [0.5, 0.6) is 0 Å². The maximum atomic E-state index is 11.4. The minimum Gasteiger partial charge on any atom is -0.480 e. The summed E-state index contributed by atoms with van der Waals surface area (Å²) < 4.78 is 0. The molecule has 1 N–H and O–H groups in total. The maximum absolute atomic E-state index is 11.4. The van der Waals surface area contributed by atoms with E-state index in [4.69, 9.17) is 0 Å². The fourth-order valence-corrected chi connectivity index (χ4v) is 2.08. The number of anilines is 1. The van der Waals surface area contributed by atoms with Crippen LogP contribution in [-0.2, 0) is 9.59 Å². The molecule has 1 aromatic rings. The second-order valence-corrected chi connectivity index (χ2v) is 5.29. The molecule has 0 saturated heterocycles. The van der Waals surface area contributed by atoms with Crippen molar-refractivity contribution in [3.63, 3.8) is 0 Å². The van der Waals surface area contributed by atoms with Crippen molar-refractivity contribution in [3.8, 4) is 0 Å². The van der Waals surface area contributed by atoms with Crippen LogP contribution in [0.2, 0.25) is 0 Å². The average Bonchev–Trinajstić information content (AvgIpc) is 2.32. The summed E-state index contributed by atoms with van der Waals surface area (Å²) in [5.74, 6) is -0.768. The van der Waals surface area contributed by atoms with Crippen molar-refractivity contribution in [2.45, 2.75) is 40.2 Å². The molecule has 1 amide bonds. The summed E-state index contributed by atoms with van der Waals surface area (Å²) in [6.45, 7) is 7.69. The molecular weight excluding hydrogens is 242 g/mol. The van der Waals surface area contributed by atoms with Gasteiger partial charge in [-0.1, -0.05) is 26.0 Å². The van der Waals surface area contributed by atoms with E-state index >= 15 is 0 Å². The Labute approximate surface area is 114 Å². The summed E-state index contributed by atoms with van der Waals surface area (Å²) in [6, 6.07) is 4.87. The van der Waals surface area contributed by atoms with E-state index in [1.807, 2.05) is 45.9 Å². The number of hydrogen-bond acceptors (Lipinski definition) is 2. The van der Waals surface area contributed by atoms with E-state index < -0.39 is 12.0 Å². The minimum absolute atomic E-state index is 0.202. The topological polar surface area (TPSA) is 57.6 Å². The van der Waals surface area contributed by atoms with Crippen molar-refractivity contribution in [1.82, 2.24) is 0 Å². The summed E-state index contributed by atoms with van der Waals surface area (Å²) in [5.41, 5.74) is 2.57. The van der Waals surface area contributed by atoms with Crippen molar-refractivity contribution < 1.29 is 14.7 Å². The highest BCUT2D eigenvalue weighted by Gasteiger charge is 2.27. The first-order valence-electron chi connectivity index (χ1n) is 6.40. The van der Waals surface area contributed by atoms with Gasteiger partial charge in [0.05, 0.1) is 0 Å². The van der Waals surface area contributed by atoms with Crippen LogP contribution in [0.25, 0.3) is 0 Å². The Kier molecular flexibility index (Phi) is 5.10. The molecule has 0 bridgehead atoms. The lowest BCUT2D eigenvalue weighted by atomic mass is 10.0. The van der Waals surface area contributed by atoms with Crippen LogP contribution in [-0.4, -0.2) is 23.5 Å². The van der Waals surface area contributed by atoms with Gasteiger partial charge in [0.2, 0.25) is 6.41 Å². The largest absolute Gasteiger partial charge is 0.480 e. The number of nitrogens with zero attached hydrogens (tertiary/aromatic N) is 1. The van der Waals surface area contributed by atoms with Crippen LogP contribution in [0, 0.1) is 19.8 Å². The molecule has 0 spiro atoms. The van der Waals surface area contributed by atoms with E-state index in [1.165, 1.54) is 4.90 Å². The van der Waals surface area contributed by atoms with Crippen molar-refractivity contribution >= 4 is 18.1 Å². The van der Waals surface area contributed by atoms with Crippen molar-refractivity contribution in [3.05, 3.63) is 29.3 Å². The zero-order chi connectivity index (χ0) is 14.6. The molecule has 0 aliphatic rings. The zero-order valence-electron chi connectivity index (χ0n) is 11.9. The van der Waals surface area contributed by atoms with Gasteiger partial charge < -0.3 is 10.0 Å². The molecule has 0 fully saturated rings. The van der Waals surface area contributed by atoms with E-state index in [-0.39, 0.29) is 5.92 Å². The number of carbonyl (C=O) groups excluding carboxylic acids is 1. The molecule has 1 unspecified atom stereocenters. The fraction of sp³-hybridized carbons (Fsp3) is 0.467. The number of amides is 1. The first-order chi connectivity index (χ1) is 8.86. The number of aliphatic carboxylic acids is 1. The second kappa shape index (κ2) is 6.36. The standard InChI is InChI=1S/C15H21NO3/c1-10(2)7-14(15(18)19)16(9-17)13-8-11(3)5-6-12(13)4/h5-6,8-10,14H,7H2,1-4H3,(H,18,19). The van der Waals surface area contributed by atoms with E-state index in [2.05, 4.69) is 0 Å². The molecule has 19 heavy (non-hydrogen) atoms. The molecule has 0 aliphatic carbocycles. The number of benzene rings is 1. The molecule has 4 nitrogen and oxygen atoms in total. The Morgan fingerprint density at radius 1 is 1.37 bits per heavy atom. The molecule has 4 heteroatoms. The average molecular weight is 263 g/mol. The van der Waals surface area contributed by atoms with Crippen molar-refractivity contribution in [1.29, 1.82) is 0 Å². The molecule has 0 aromatic heterocycles. The van der Waals surface area contributed by atoms with Crippen LogP contribution in [0.4, 0.5) is 5.69 Å². The van der Waals surface area contributed by atoms with Gasteiger partial charge in [-0.25, -0.2) is 4.79 Å². The predicted octanol–water partition coefficient (Wildman–Crippen LogP) is 2.77.